The number of hydrogen-bond acceptors (Lipinski definition) is 2. The number of rotatable bonds is 5. The molecule has 1 amide bonds. The summed E-state index contributed by atoms with van der Waals surface area (Å²) in [5.41, 5.74) is -0.427. The zero-order valence-corrected chi connectivity index (χ0v) is 14.5. The molecule has 1 heterocycles. The van der Waals surface area contributed by atoms with Gasteiger partial charge in [0, 0.05) is 6.04 Å². The van der Waals surface area contributed by atoms with Gasteiger partial charge in [0.2, 0.25) is 0 Å². The zero-order chi connectivity index (χ0) is 15.9. The van der Waals surface area contributed by atoms with E-state index in [9.17, 15) is 4.79 Å². The zero-order valence-electron chi connectivity index (χ0n) is 14.5. The van der Waals surface area contributed by atoms with Gasteiger partial charge in [-0.2, -0.15) is 0 Å². The molecule has 0 aliphatic carbocycles. The molecule has 1 aliphatic heterocycles. The predicted molar refractivity (Wildman–Crippen MR) is 88.5 cm³/mol. The highest BCUT2D eigenvalue weighted by atomic mass is 16.6. The van der Waals surface area contributed by atoms with Crippen molar-refractivity contribution in [3.8, 4) is 0 Å². The van der Waals surface area contributed by atoms with Gasteiger partial charge in [0.05, 0.1) is 6.04 Å². The maximum absolute atomic E-state index is 12.4. The number of unbranched alkanes of at least 4 members (excludes halogenated alkanes) is 3. The average Bonchev–Trinajstić information content (AvgIpc) is 2.36. The van der Waals surface area contributed by atoms with Crippen molar-refractivity contribution in [3.05, 3.63) is 12.2 Å². The van der Waals surface area contributed by atoms with Gasteiger partial charge in [0.25, 0.3) is 0 Å². The van der Waals surface area contributed by atoms with Crippen LogP contribution in [0.25, 0.3) is 0 Å². The van der Waals surface area contributed by atoms with Crippen molar-refractivity contribution in [2.75, 3.05) is 0 Å². The van der Waals surface area contributed by atoms with Crippen LogP contribution >= 0.6 is 0 Å². The first-order valence-corrected chi connectivity index (χ1v) is 8.53. The lowest BCUT2D eigenvalue weighted by Crippen LogP contribution is -2.49. The van der Waals surface area contributed by atoms with Crippen molar-refractivity contribution >= 4 is 6.09 Å². The Balaban J connectivity index is 2.63. The Hall–Kier alpha value is -0.990. The fraction of sp³-hybridized carbons (Fsp3) is 0.833. The van der Waals surface area contributed by atoms with Crippen LogP contribution in [0, 0.1) is 0 Å². The summed E-state index contributed by atoms with van der Waals surface area (Å²) in [5.74, 6) is 0. The number of ether oxygens (including phenoxy) is 1. The number of piperidine rings is 1. The minimum absolute atomic E-state index is 0.169. The van der Waals surface area contributed by atoms with Crippen LogP contribution in [0.4, 0.5) is 4.79 Å². The van der Waals surface area contributed by atoms with Crippen LogP contribution < -0.4 is 0 Å². The van der Waals surface area contributed by atoms with E-state index < -0.39 is 5.60 Å². The van der Waals surface area contributed by atoms with Crippen LogP contribution in [0.1, 0.15) is 79.6 Å². The number of amides is 1. The molecule has 0 spiro atoms. The minimum Gasteiger partial charge on any atom is -0.444 e. The molecule has 0 aromatic carbocycles. The van der Waals surface area contributed by atoms with Gasteiger partial charge in [-0.25, -0.2) is 4.79 Å². The Labute approximate surface area is 130 Å². The largest absolute Gasteiger partial charge is 0.444 e. The van der Waals surface area contributed by atoms with E-state index in [1.165, 1.54) is 25.7 Å². The smallest absolute Gasteiger partial charge is 0.411 e. The van der Waals surface area contributed by atoms with Gasteiger partial charge in [-0.1, -0.05) is 31.9 Å². The molecular formula is C18H33NO2. The van der Waals surface area contributed by atoms with E-state index in [1.54, 1.807) is 0 Å². The Morgan fingerprint density at radius 2 is 2.00 bits per heavy atom. The maximum atomic E-state index is 12.4. The van der Waals surface area contributed by atoms with Crippen LogP contribution in [-0.2, 0) is 4.74 Å². The molecule has 1 rings (SSSR count). The number of carbonyl (C=O) groups is 1. The highest BCUT2D eigenvalue weighted by molar-refractivity contribution is 5.69. The van der Waals surface area contributed by atoms with Gasteiger partial charge in [-0.15, -0.1) is 0 Å². The SMILES string of the molecule is CCCCCC=CC1CCCC(C)N1C(=O)OC(C)(C)C. The summed E-state index contributed by atoms with van der Waals surface area (Å²) in [7, 11) is 0. The molecular weight excluding hydrogens is 262 g/mol. The first-order chi connectivity index (χ1) is 9.85. The molecule has 2 unspecified atom stereocenters. The van der Waals surface area contributed by atoms with Gasteiger partial charge in [0.15, 0.2) is 0 Å². The molecule has 0 aromatic heterocycles. The van der Waals surface area contributed by atoms with Gasteiger partial charge in [-0.05, 0) is 59.8 Å². The second kappa shape index (κ2) is 8.45. The normalized spacial score (nSPS) is 23.6. The van der Waals surface area contributed by atoms with E-state index in [1.807, 2.05) is 25.7 Å². The van der Waals surface area contributed by atoms with E-state index in [2.05, 4.69) is 26.0 Å². The van der Waals surface area contributed by atoms with Crippen LogP contribution in [0.15, 0.2) is 12.2 Å². The number of allylic oxidation sites excluding steroid dienone is 1. The number of likely N-dealkylation sites (tertiary alicyclic amines) is 1. The highest BCUT2D eigenvalue weighted by Crippen LogP contribution is 2.26. The Kier molecular flexibility index (Phi) is 7.27. The Morgan fingerprint density at radius 3 is 2.62 bits per heavy atom. The second-order valence-corrected chi connectivity index (χ2v) is 7.16. The van der Waals surface area contributed by atoms with Crippen molar-refractivity contribution < 1.29 is 9.53 Å². The molecule has 0 radical (unpaired) electrons. The molecule has 21 heavy (non-hydrogen) atoms. The van der Waals surface area contributed by atoms with Crippen molar-refractivity contribution in [3.63, 3.8) is 0 Å². The van der Waals surface area contributed by atoms with E-state index in [-0.39, 0.29) is 18.2 Å². The molecule has 2 atom stereocenters. The lowest BCUT2D eigenvalue weighted by molar-refractivity contribution is 0.00358. The van der Waals surface area contributed by atoms with E-state index >= 15 is 0 Å². The molecule has 1 aliphatic rings. The molecule has 0 N–H and O–H groups in total. The molecule has 3 nitrogen and oxygen atoms in total. The molecule has 1 saturated heterocycles. The van der Waals surface area contributed by atoms with Crippen molar-refractivity contribution in [1.29, 1.82) is 0 Å². The van der Waals surface area contributed by atoms with Crippen molar-refractivity contribution in [2.24, 2.45) is 0 Å². The Morgan fingerprint density at radius 1 is 1.29 bits per heavy atom. The third kappa shape index (κ3) is 6.54. The summed E-state index contributed by atoms with van der Waals surface area (Å²) in [6.45, 7) is 10.1. The summed E-state index contributed by atoms with van der Waals surface area (Å²) in [4.78, 5) is 14.4. The average molecular weight is 295 g/mol. The van der Waals surface area contributed by atoms with E-state index in [4.69, 9.17) is 4.74 Å². The molecule has 1 fully saturated rings. The van der Waals surface area contributed by atoms with Crippen molar-refractivity contribution in [2.45, 2.75) is 97.2 Å². The lowest BCUT2D eigenvalue weighted by atomic mass is 9.96. The predicted octanol–water partition coefficient (Wildman–Crippen LogP) is 5.30. The molecule has 122 valence electrons. The van der Waals surface area contributed by atoms with Crippen LogP contribution in [0.5, 0.6) is 0 Å². The summed E-state index contributed by atoms with van der Waals surface area (Å²) in [6, 6.07) is 0.462. The standard InChI is InChI=1S/C18H33NO2/c1-6-7-8-9-10-13-16-14-11-12-15(2)19(16)17(20)21-18(3,4)5/h10,13,15-16H,6-9,11-12,14H2,1-5H3. The third-order valence-corrected chi connectivity index (χ3v) is 3.89. The molecule has 0 saturated carbocycles. The summed E-state index contributed by atoms with van der Waals surface area (Å²) >= 11 is 0. The van der Waals surface area contributed by atoms with Crippen molar-refractivity contribution in [1.82, 2.24) is 4.90 Å². The van der Waals surface area contributed by atoms with Gasteiger partial charge < -0.3 is 4.74 Å². The fourth-order valence-corrected chi connectivity index (χ4v) is 2.81. The molecule has 0 bridgehead atoms. The van der Waals surface area contributed by atoms with Crippen LogP contribution in [-0.4, -0.2) is 28.7 Å². The third-order valence-electron chi connectivity index (χ3n) is 3.89. The fourth-order valence-electron chi connectivity index (χ4n) is 2.81. The summed E-state index contributed by atoms with van der Waals surface area (Å²) < 4.78 is 5.58. The Bertz CT molecular complexity index is 344. The summed E-state index contributed by atoms with van der Waals surface area (Å²) in [5, 5.41) is 0. The number of hydrogen-bond donors (Lipinski definition) is 0. The molecule has 0 aromatic rings. The van der Waals surface area contributed by atoms with Gasteiger partial charge in [-0.3, -0.25) is 4.90 Å². The quantitative estimate of drug-likeness (QED) is 0.508. The lowest BCUT2D eigenvalue weighted by Gasteiger charge is -2.40. The van der Waals surface area contributed by atoms with Gasteiger partial charge in [0.1, 0.15) is 5.60 Å². The highest BCUT2D eigenvalue weighted by Gasteiger charge is 2.33. The first-order valence-electron chi connectivity index (χ1n) is 8.53. The van der Waals surface area contributed by atoms with E-state index in [0.29, 0.717) is 0 Å². The number of carbonyl (C=O) groups excluding carboxylic acids is 1. The first kappa shape index (κ1) is 18.1. The molecule has 3 heteroatoms. The minimum atomic E-state index is -0.427. The van der Waals surface area contributed by atoms with Crippen LogP contribution in [0.3, 0.4) is 0 Å². The van der Waals surface area contributed by atoms with Gasteiger partial charge >= 0.3 is 6.09 Å². The van der Waals surface area contributed by atoms with Crippen LogP contribution in [0.2, 0.25) is 0 Å². The number of nitrogens with zero attached hydrogens (tertiary/aromatic N) is 1. The topological polar surface area (TPSA) is 29.5 Å². The maximum Gasteiger partial charge on any atom is 0.411 e. The van der Waals surface area contributed by atoms with E-state index in [0.717, 1.165) is 19.3 Å². The monoisotopic (exact) mass is 295 g/mol. The summed E-state index contributed by atoms with van der Waals surface area (Å²) in [6.07, 6.45) is 12.5. The second-order valence-electron chi connectivity index (χ2n) is 7.16.